The predicted molar refractivity (Wildman–Crippen MR) is 62.9 cm³/mol. The minimum Gasteiger partial charge on any atom is -0.317 e. The Labute approximate surface area is 94.8 Å². The van der Waals surface area contributed by atoms with Gasteiger partial charge < -0.3 is 9.88 Å². The van der Waals surface area contributed by atoms with Crippen LogP contribution < -0.4 is 5.32 Å². The highest BCUT2D eigenvalue weighted by Crippen LogP contribution is 2.25. The molecule has 0 bridgehead atoms. The molecule has 0 spiro atoms. The first-order valence-corrected chi connectivity index (χ1v) is 6.49. The average Bonchev–Trinajstić information content (AvgIpc) is 2.83. The van der Waals surface area contributed by atoms with E-state index in [0.717, 1.165) is 30.0 Å². The Morgan fingerprint density at radius 2 is 2.40 bits per heavy atom. The predicted octanol–water partition coefficient (Wildman–Crippen LogP) is 1.11. The van der Waals surface area contributed by atoms with Crippen molar-refractivity contribution >= 4 is 11.8 Å². The molecule has 0 radical (unpaired) electrons. The molecule has 0 aliphatic carbocycles. The minimum absolute atomic E-state index is 0.805. The smallest absolute Gasteiger partial charge is 0.146 e. The Kier molecular flexibility index (Phi) is 3.64. The standard InChI is InChI=1S/C10H18N4S/c1-8-12-13-10(14(8)2)7-11-6-9-4-3-5-15-9/h9,11H,3-7H2,1-2H3. The van der Waals surface area contributed by atoms with Gasteiger partial charge in [-0.1, -0.05) is 0 Å². The van der Waals surface area contributed by atoms with Crippen LogP contribution in [0.4, 0.5) is 0 Å². The lowest BCUT2D eigenvalue weighted by molar-refractivity contribution is 0.610. The average molecular weight is 226 g/mol. The van der Waals surface area contributed by atoms with Crippen molar-refractivity contribution in [3.63, 3.8) is 0 Å². The minimum atomic E-state index is 0.805. The van der Waals surface area contributed by atoms with Gasteiger partial charge in [-0.2, -0.15) is 11.8 Å². The Balaban J connectivity index is 1.75. The van der Waals surface area contributed by atoms with E-state index in [0.29, 0.717) is 0 Å². The number of aromatic nitrogens is 3. The van der Waals surface area contributed by atoms with Crippen molar-refractivity contribution in [1.82, 2.24) is 20.1 Å². The molecule has 1 atom stereocenters. The third-order valence-corrected chi connectivity index (χ3v) is 4.26. The third kappa shape index (κ3) is 2.72. The van der Waals surface area contributed by atoms with E-state index in [1.807, 2.05) is 18.5 Å². The summed E-state index contributed by atoms with van der Waals surface area (Å²) < 4.78 is 2.04. The van der Waals surface area contributed by atoms with Crippen LogP contribution >= 0.6 is 11.8 Å². The first kappa shape index (κ1) is 11.0. The maximum absolute atomic E-state index is 4.12. The molecule has 2 heterocycles. The van der Waals surface area contributed by atoms with Crippen molar-refractivity contribution in [2.24, 2.45) is 7.05 Å². The fraction of sp³-hybridized carbons (Fsp3) is 0.800. The van der Waals surface area contributed by atoms with Gasteiger partial charge in [0, 0.05) is 18.8 Å². The Bertz CT molecular complexity index is 317. The molecule has 15 heavy (non-hydrogen) atoms. The monoisotopic (exact) mass is 226 g/mol. The molecule has 1 aromatic heterocycles. The van der Waals surface area contributed by atoms with Crippen LogP contribution in [0.5, 0.6) is 0 Å². The van der Waals surface area contributed by atoms with E-state index in [2.05, 4.69) is 27.3 Å². The van der Waals surface area contributed by atoms with E-state index in [4.69, 9.17) is 0 Å². The van der Waals surface area contributed by atoms with Gasteiger partial charge in [-0.15, -0.1) is 10.2 Å². The number of rotatable bonds is 4. The summed E-state index contributed by atoms with van der Waals surface area (Å²) in [6.45, 7) is 3.90. The number of nitrogens with one attached hydrogen (secondary N) is 1. The molecule has 1 fully saturated rings. The molecule has 1 saturated heterocycles. The zero-order valence-corrected chi connectivity index (χ0v) is 10.2. The van der Waals surface area contributed by atoms with Crippen LogP contribution in [0, 0.1) is 6.92 Å². The molecule has 84 valence electrons. The quantitative estimate of drug-likeness (QED) is 0.835. The third-order valence-electron chi connectivity index (χ3n) is 2.86. The molecule has 0 saturated carbocycles. The second kappa shape index (κ2) is 4.99. The van der Waals surface area contributed by atoms with Crippen molar-refractivity contribution in [3.05, 3.63) is 11.6 Å². The zero-order valence-electron chi connectivity index (χ0n) is 9.36. The summed E-state index contributed by atoms with van der Waals surface area (Å²) in [6.07, 6.45) is 2.73. The van der Waals surface area contributed by atoms with Crippen LogP contribution in [0.2, 0.25) is 0 Å². The Morgan fingerprint density at radius 3 is 3.00 bits per heavy atom. The summed E-state index contributed by atoms with van der Waals surface area (Å²) in [5, 5.41) is 12.4. The van der Waals surface area contributed by atoms with Gasteiger partial charge in [0.05, 0.1) is 6.54 Å². The normalized spacial score (nSPS) is 21.1. The summed E-state index contributed by atoms with van der Waals surface area (Å²) in [5.74, 6) is 3.33. The van der Waals surface area contributed by atoms with Gasteiger partial charge in [0.2, 0.25) is 0 Å². The van der Waals surface area contributed by atoms with E-state index in [1.165, 1.54) is 18.6 Å². The van der Waals surface area contributed by atoms with Crippen molar-refractivity contribution in [2.45, 2.75) is 31.6 Å². The molecular formula is C10H18N4S. The lowest BCUT2D eigenvalue weighted by Gasteiger charge is -2.09. The molecule has 1 aliphatic rings. The van der Waals surface area contributed by atoms with Crippen LogP contribution in [0.1, 0.15) is 24.5 Å². The van der Waals surface area contributed by atoms with Gasteiger partial charge in [-0.25, -0.2) is 0 Å². The molecule has 1 aliphatic heterocycles. The summed E-state index contributed by atoms with van der Waals surface area (Å²) in [4.78, 5) is 0. The molecule has 1 N–H and O–H groups in total. The van der Waals surface area contributed by atoms with Gasteiger partial charge in [0.1, 0.15) is 11.6 Å². The molecule has 1 unspecified atom stereocenters. The lowest BCUT2D eigenvalue weighted by Crippen LogP contribution is -2.24. The largest absolute Gasteiger partial charge is 0.317 e. The van der Waals surface area contributed by atoms with E-state index in [1.54, 1.807) is 0 Å². The van der Waals surface area contributed by atoms with Crippen molar-refractivity contribution in [3.8, 4) is 0 Å². The first-order valence-electron chi connectivity index (χ1n) is 5.44. The fourth-order valence-electron chi connectivity index (χ4n) is 1.76. The zero-order chi connectivity index (χ0) is 10.7. The van der Waals surface area contributed by atoms with Crippen LogP contribution in [-0.4, -0.2) is 32.3 Å². The maximum atomic E-state index is 4.12. The van der Waals surface area contributed by atoms with Gasteiger partial charge in [-0.3, -0.25) is 0 Å². The van der Waals surface area contributed by atoms with Gasteiger partial charge in [0.25, 0.3) is 0 Å². The summed E-state index contributed by atoms with van der Waals surface area (Å²) in [5.41, 5.74) is 0. The topological polar surface area (TPSA) is 42.7 Å². The van der Waals surface area contributed by atoms with Gasteiger partial charge in [0.15, 0.2) is 0 Å². The number of aryl methyl sites for hydroxylation is 1. The van der Waals surface area contributed by atoms with E-state index >= 15 is 0 Å². The van der Waals surface area contributed by atoms with Gasteiger partial charge >= 0.3 is 0 Å². The van der Waals surface area contributed by atoms with Crippen LogP contribution in [0.15, 0.2) is 0 Å². The molecule has 0 amide bonds. The van der Waals surface area contributed by atoms with E-state index in [9.17, 15) is 0 Å². The van der Waals surface area contributed by atoms with E-state index in [-0.39, 0.29) is 0 Å². The SMILES string of the molecule is Cc1nnc(CNCC2CCCS2)n1C. The van der Waals surface area contributed by atoms with Crippen LogP contribution in [0.25, 0.3) is 0 Å². The highest BCUT2D eigenvalue weighted by Gasteiger charge is 2.15. The number of hydrogen-bond donors (Lipinski definition) is 1. The highest BCUT2D eigenvalue weighted by molar-refractivity contribution is 8.00. The molecule has 1 aromatic rings. The second-order valence-electron chi connectivity index (χ2n) is 3.99. The Hall–Kier alpha value is -0.550. The number of nitrogens with zero attached hydrogens (tertiary/aromatic N) is 3. The summed E-state index contributed by atoms with van der Waals surface area (Å²) >= 11 is 2.08. The Morgan fingerprint density at radius 1 is 1.53 bits per heavy atom. The van der Waals surface area contributed by atoms with Crippen LogP contribution in [0.3, 0.4) is 0 Å². The molecule has 5 heteroatoms. The first-order chi connectivity index (χ1) is 7.27. The summed E-state index contributed by atoms with van der Waals surface area (Å²) in [6, 6.07) is 0. The van der Waals surface area contributed by atoms with Crippen molar-refractivity contribution in [1.29, 1.82) is 0 Å². The van der Waals surface area contributed by atoms with Crippen LogP contribution in [-0.2, 0) is 13.6 Å². The number of thioether (sulfide) groups is 1. The maximum Gasteiger partial charge on any atom is 0.146 e. The lowest BCUT2D eigenvalue weighted by atomic mass is 10.2. The van der Waals surface area contributed by atoms with Crippen molar-refractivity contribution < 1.29 is 0 Å². The fourth-order valence-corrected chi connectivity index (χ4v) is 2.99. The van der Waals surface area contributed by atoms with Gasteiger partial charge in [-0.05, 0) is 25.5 Å². The molecule has 2 rings (SSSR count). The van der Waals surface area contributed by atoms with E-state index < -0.39 is 0 Å². The highest BCUT2D eigenvalue weighted by atomic mass is 32.2. The number of hydrogen-bond acceptors (Lipinski definition) is 4. The van der Waals surface area contributed by atoms with Crippen molar-refractivity contribution in [2.75, 3.05) is 12.3 Å². The second-order valence-corrected chi connectivity index (χ2v) is 5.40. The molecule has 4 nitrogen and oxygen atoms in total. The summed E-state index contributed by atoms with van der Waals surface area (Å²) in [7, 11) is 2.01. The molecular weight excluding hydrogens is 208 g/mol. The molecule has 0 aromatic carbocycles.